The number of hydrogen-bond donors (Lipinski definition) is 1. The predicted molar refractivity (Wildman–Crippen MR) is 73.3 cm³/mol. The second-order valence-corrected chi connectivity index (χ2v) is 5.06. The van der Waals surface area contributed by atoms with E-state index in [0.717, 1.165) is 40.3 Å². The van der Waals surface area contributed by atoms with Crippen LogP contribution in [0.4, 0.5) is 0 Å². The summed E-state index contributed by atoms with van der Waals surface area (Å²) in [5, 5.41) is 4.12. The molecule has 0 fully saturated rings. The summed E-state index contributed by atoms with van der Waals surface area (Å²) in [6.45, 7) is 1.65. The van der Waals surface area contributed by atoms with Crippen LogP contribution in [0.15, 0.2) is 45.5 Å². The average molecular weight is 315 g/mol. The van der Waals surface area contributed by atoms with Gasteiger partial charge >= 0.3 is 0 Å². The Hall–Kier alpha value is -0.770. The molecule has 0 aliphatic rings. The highest BCUT2D eigenvalue weighted by Gasteiger charge is 2.01. The summed E-state index contributed by atoms with van der Waals surface area (Å²) in [5.74, 6) is 0.999. The molecule has 1 heterocycles. The maximum absolute atomic E-state index is 6.12. The number of nitrogens with one attached hydrogen (secondary N) is 1. The van der Waals surface area contributed by atoms with E-state index in [2.05, 4.69) is 21.2 Å². The lowest BCUT2D eigenvalue weighted by Gasteiger charge is -2.06. The van der Waals surface area contributed by atoms with Gasteiger partial charge in [0.25, 0.3) is 0 Å². The molecule has 0 radical (unpaired) electrons. The summed E-state index contributed by atoms with van der Waals surface area (Å²) in [7, 11) is 0. The molecule has 1 N–H and O–H groups in total. The Kier molecular flexibility index (Phi) is 4.66. The van der Waals surface area contributed by atoms with Crippen LogP contribution in [-0.4, -0.2) is 6.54 Å². The summed E-state index contributed by atoms with van der Waals surface area (Å²) in [4.78, 5) is 0. The fraction of sp³-hybridized carbons (Fsp3) is 0.231. The molecule has 4 heteroatoms. The van der Waals surface area contributed by atoms with Crippen molar-refractivity contribution in [2.75, 3.05) is 6.54 Å². The number of furan rings is 1. The minimum absolute atomic E-state index is 0.771. The molecule has 17 heavy (non-hydrogen) atoms. The first-order chi connectivity index (χ1) is 8.25. The minimum atomic E-state index is 0.771. The van der Waals surface area contributed by atoms with Crippen molar-refractivity contribution >= 4 is 27.5 Å². The summed E-state index contributed by atoms with van der Waals surface area (Å²) < 4.78 is 6.25. The first-order valence-electron chi connectivity index (χ1n) is 5.43. The van der Waals surface area contributed by atoms with Gasteiger partial charge in [-0.25, -0.2) is 0 Å². The lowest BCUT2D eigenvalue weighted by molar-refractivity contribution is 0.499. The fourth-order valence-corrected chi connectivity index (χ4v) is 2.29. The molecular weight excluding hydrogens is 302 g/mol. The van der Waals surface area contributed by atoms with E-state index in [1.165, 1.54) is 0 Å². The molecule has 2 rings (SSSR count). The number of rotatable bonds is 5. The molecule has 0 aliphatic carbocycles. The molecule has 1 aromatic carbocycles. The van der Waals surface area contributed by atoms with Crippen LogP contribution in [-0.2, 0) is 13.0 Å². The van der Waals surface area contributed by atoms with Crippen molar-refractivity contribution in [1.29, 1.82) is 0 Å². The van der Waals surface area contributed by atoms with Crippen molar-refractivity contribution in [2.45, 2.75) is 13.0 Å². The van der Waals surface area contributed by atoms with Crippen LogP contribution < -0.4 is 5.32 Å². The van der Waals surface area contributed by atoms with Gasteiger partial charge in [-0.05, 0) is 29.8 Å². The Morgan fingerprint density at radius 3 is 2.88 bits per heavy atom. The molecular formula is C13H13BrClNO. The van der Waals surface area contributed by atoms with Gasteiger partial charge in [0.1, 0.15) is 5.76 Å². The second-order valence-electron chi connectivity index (χ2n) is 3.74. The Morgan fingerprint density at radius 2 is 2.18 bits per heavy atom. The Morgan fingerprint density at radius 1 is 1.29 bits per heavy atom. The summed E-state index contributed by atoms with van der Waals surface area (Å²) in [6.07, 6.45) is 2.59. The highest BCUT2D eigenvalue weighted by Crippen LogP contribution is 2.21. The van der Waals surface area contributed by atoms with E-state index in [4.69, 9.17) is 16.0 Å². The van der Waals surface area contributed by atoms with Gasteiger partial charge in [-0.2, -0.15) is 0 Å². The smallest absolute Gasteiger partial charge is 0.105 e. The maximum Gasteiger partial charge on any atom is 0.105 e. The molecule has 2 nitrogen and oxygen atoms in total. The van der Waals surface area contributed by atoms with E-state index in [-0.39, 0.29) is 0 Å². The SMILES string of the molecule is Clc1cc(Br)ccc1CNCCc1ccco1. The minimum Gasteiger partial charge on any atom is -0.469 e. The molecule has 0 aliphatic heterocycles. The highest BCUT2D eigenvalue weighted by molar-refractivity contribution is 9.10. The van der Waals surface area contributed by atoms with Crippen molar-refractivity contribution < 1.29 is 4.42 Å². The Balaban J connectivity index is 1.78. The molecule has 0 saturated carbocycles. The fourth-order valence-electron chi connectivity index (χ4n) is 1.55. The zero-order chi connectivity index (χ0) is 12.1. The molecule has 90 valence electrons. The molecule has 1 aromatic heterocycles. The van der Waals surface area contributed by atoms with Crippen molar-refractivity contribution in [3.05, 3.63) is 57.4 Å². The Bertz CT molecular complexity index is 470. The van der Waals surface area contributed by atoms with Crippen molar-refractivity contribution in [2.24, 2.45) is 0 Å². The van der Waals surface area contributed by atoms with Crippen LogP contribution in [0.2, 0.25) is 5.02 Å². The first-order valence-corrected chi connectivity index (χ1v) is 6.60. The maximum atomic E-state index is 6.12. The first kappa shape index (κ1) is 12.7. The average Bonchev–Trinajstić information content (AvgIpc) is 2.79. The normalized spacial score (nSPS) is 10.7. The van der Waals surface area contributed by atoms with E-state index >= 15 is 0 Å². The van der Waals surface area contributed by atoms with Crippen LogP contribution in [0.25, 0.3) is 0 Å². The van der Waals surface area contributed by atoms with Crippen LogP contribution in [0.5, 0.6) is 0 Å². The largest absolute Gasteiger partial charge is 0.469 e. The van der Waals surface area contributed by atoms with Gasteiger partial charge in [0.15, 0.2) is 0 Å². The monoisotopic (exact) mass is 313 g/mol. The quantitative estimate of drug-likeness (QED) is 0.843. The van der Waals surface area contributed by atoms with Gasteiger partial charge < -0.3 is 9.73 Å². The molecule has 0 unspecified atom stereocenters. The lowest BCUT2D eigenvalue weighted by atomic mass is 10.2. The van der Waals surface area contributed by atoms with E-state index in [9.17, 15) is 0 Å². The van der Waals surface area contributed by atoms with Gasteiger partial charge in [-0.3, -0.25) is 0 Å². The van der Waals surface area contributed by atoms with Gasteiger partial charge in [-0.15, -0.1) is 0 Å². The highest BCUT2D eigenvalue weighted by atomic mass is 79.9. The summed E-state index contributed by atoms with van der Waals surface area (Å²) in [6, 6.07) is 9.81. The molecule has 0 bridgehead atoms. The van der Waals surface area contributed by atoms with Crippen LogP contribution in [0.1, 0.15) is 11.3 Å². The standard InChI is InChI=1S/C13H13BrClNO/c14-11-4-3-10(13(15)8-11)9-16-6-5-12-2-1-7-17-12/h1-4,7-8,16H,5-6,9H2. The van der Waals surface area contributed by atoms with Crippen LogP contribution in [0.3, 0.4) is 0 Å². The van der Waals surface area contributed by atoms with E-state index in [1.807, 2.05) is 30.3 Å². The van der Waals surface area contributed by atoms with Gasteiger partial charge in [0.2, 0.25) is 0 Å². The van der Waals surface area contributed by atoms with Crippen molar-refractivity contribution in [3.63, 3.8) is 0 Å². The molecule has 0 atom stereocenters. The summed E-state index contributed by atoms with van der Waals surface area (Å²) in [5.41, 5.74) is 1.11. The van der Waals surface area contributed by atoms with E-state index in [1.54, 1.807) is 6.26 Å². The molecule has 2 aromatic rings. The van der Waals surface area contributed by atoms with Crippen LogP contribution in [0, 0.1) is 0 Å². The topological polar surface area (TPSA) is 25.2 Å². The zero-order valence-electron chi connectivity index (χ0n) is 9.25. The van der Waals surface area contributed by atoms with Gasteiger partial charge in [-0.1, -0.05) is 33.6 Å². The number of halogens is 2. The molecule has 0 saturated heterocycles. The third-order valence-electron chi connectivity index (χ3n) is 2.46. The van der Waals surface area contributed by atoms with E-state index in [0.29, 0.717) is 0 Å². The molecule has 0 spiro atoms. The third-order valence-corrected chi connectivity index (χ3v) is 3.30. The molecule has 0 amide bonds. The van der Waals surface area contributed by atoms with Gasteiger partial charge in [0, 0.05) is 29.0 Å². The Labute approximate surface area is 114 Å². The second kappa shape index (κ2) is 6.24. The lowest BCUT2D eigenvalue weighted by Crippen LogP contribution is -2.16. The number of benzene rings is 1. The van der Waals surface area contributed by atoms with Gasteiger partial charge in [0.05, 0.1) is 6.26 Å². The van der Waals surface area contributed by atoms with E-state index < -0.39 is 0 Å². The van der Waals surface area contributed by atoms with Crippen molar-refractivity contribution in [3.8, 4) is 0 Å². The van der Waals surface area contributed by atoms with Crippen LogP contribution >= 0.6 is 27.5 Å². The third kappa shape index (κ3) is 3.87. The van der Waals surface area contributed by atoms with Crippen molar-refractivity contribution in [1.82, 2.24) is 5.32 Å². The number of hydrogen-bond acceptors (Lipinski definition) is 2. The predicted octanol–water partition coefficient (Wildman–Crippen LogP) is 4.03. The summed E-state index contributed by atoms with van der Waals surface area (Å²) >= 11 is 9.51. The zero-order valence-corrected chi connectivity index (χ0v) is 11.6.